The molecule has 1 amide bonds. The first-order valence-corrected chi connectivity index (χ1v) is 6.09. The molecule has 4 aliphatic rings. The first-order valence-electron chi connectivity index (χ1n) is 6.09. The molecule has 78 valence electrons. The van der Waals surface area contributed by atoms with E-state index < -0.39 is 0 Å². The predicted octanol–water partition coefficient (Wildman–Crippen LogP) is 1.26. The van der Waals surface area contributed by atoms with Crippen LogP contribution in [0.2, 0.25) is 0 Å². The maximum atomic E-state index is 12.2. The molecule has 2 nitrogen and oxygen atoms in total. The van der Waals surface area contributed by atoms with Gasteiger partial charge in [0, 0.05) is 12.0 Å². The van der Waals surface area contributed by atoms with Gasteiger partial charge in [-0.05, 0) is 43.4 Å². The number of terminal acetylenes is 1. The first-order chi connectivity index (χ1) is 7.31. The van der Waals surface area contributed by atoms with Gasteiger partial charge in [-0.15, -0.1) is 6.42 Å². The Morgan fingerprint density at radius 3 is 2.67 bits per heavy atom. The summed E-state index contributed by atoms with van der Waals surface area (Å²) in [6.07, 6.45) is 10.3. The van der Waals surface area contributed by atoms with Gasteiger partial charge >= 0.3 is 0 Å². The van der Waals surface area contributed by atoms with Gasteiger partial charge in [-0.3, -0.25) is 4.79 Å². The van der Waals surface area contributed by atoms with Crippen LogP contribution in [-0.2, 0) is 4.79 Å². The lowest BCUT2D eigenvalue weighted by Gasteiger charge is -2.32. The SMILES string of the molecule is C#C[C@H]1[C@H]2C[C@H]([C@@H]3C[C@@H]32)N1C(=O)C1CC1. The number of rotatable bonds is 1. The van der Waals surface area contributed by atoms with E-state index >= 15 is 0 Å². The number of likely N-dealkylation sites (tertiary alicyclic amines) is 1. The molecule has 0 N–H and O–H groups in total. The van der Waals surface area contributed by atoms with E-state index in [1.165, 1.54) is 12.8 Å². The summed E-state index contributed by atoms with van der Waals surface area (Å²) in [5, 5.41) is 0. The average Bonchev–Trinajstić information content (AvgIpc) is 3.14. The molecule has 3 aliphatic carbocycles. The minimum atomic E-state index is 0.145. The maximum Gasteiger partial charge on any atom is 0.226 e. The van der Waals surface area contributed by atoms with Crippen molar-refractivity contribution in [3.63, 3.8) is 0 Å². The third-order valence-corrected chi connectivity index (χ3v) is 4.86. The van der Waals surface area contributed by atoms with E-state index in [1.54, 1.807) is 0 Å². The summed E-state index contributed by atoms with van der Waals surface area (Å²) in [4.78, 5) is 14.3. The zero-order chi connectivity index (χ0) is 10.2. The van der Waals surface area contributed by atoms with Crippen molar-refractivity contribution in [3.05, 3.63) is 0 Å². The molecule has 0 aromatic carbocycles. The summed E-state index contributed by atoms with van der Waals surface area (Å²) < 4.78 is 0. The Morgan fingerprint density at radius 1 is 1.20 bits per heavy atom. The molecule has 15 heavy (non-hydrogen) atoms. The molecule has 4 fully saturated rings. The molecule has 0 spiro atoms. The lowest BCUT2D eigenvalue weighted by Crippen LogP contribution is -2.46. The van der Waals surface area contributed by atoms with Crippen LogP contribution in [0.5, 0.6) is 0 Å². The van der Waals surface area contributed by atoms with Crippen LogP contribution in [-0.4, -0.2) is 22.9 Å². The zero-order valence-electron chi connectivity index (χ0n) is 8.73. The highest BCUT2D eigenvalue weighted by Gasteiger charge is 2.65. The van der Waals surface area contributed by atoms with Gasteiger partial charge < -0.3 is 4.90 Å². The minimum Gasteiger partial charge on any atom is -0.325 e. The second kappa shape index (κ2) is 2.40. The van der Waals surface area contributed by atoms with Crippen molar-refractivity contribution < 1.29 is 4.79 Å². The van der Waals surface area contributed by atoms with Crippen molar-refractivity contribution in [2.75, 3.05) is 0 Å². The van der Waals surface area contributed by atoms with E-state index in [1.807, 2.05) is 0 Å². The molecule has 1 heterocycles. The van der Waals surface area contributed by atoms with E-state index in [-0.39, 0.29) is 6.04 Å². The van der Waals surface area contributed by atoms with Gasteiger partial charge in [-0.2, -0.15) is 0 Å². The van der Waals surface area contributed by atoms with Crippen molar-refractivity contribution in [2.45, 2.75) is 37.8 Å². The molecule has 0 unspecified atom stereocenters. The quantitative estimate of drug-likeness (QED) is 0.585. The number of hydrogen-bond acceptors (Lipinski definition) is 1. The predicted molar refractivity (Wildman–Crippen MR) is 55.7 cm³/mol. The second-order valence-electron chi connectivity index (χ2n) is 5.66. The van der Waals surface area contributed by atoms with Crippen LogP contribution in [0.3, 0.4) is 0 Å². The number of piperidine rings is 1. The number of nitrogens with zero attached hydrogens (tertiary/aromatic N) is 1. The van der Waals surface area contributed by atoms with E-state index in [0.29, 0.717) is 23.8 Å². The number of fused-ring (bicyclic) bond motifs is 5. The molecule has 1 saturated heterocycles. The van der Waals surface area contributed by atoms with Gasteiger partial charge in [-0.1, -0.05) is 5.92 Å². The van der Waals surface area contributed by atoms with Gasteiger partial charge in [0.2, 0.25) is 5.91 Å². The van der Waals surface area contributed by atoms with E-state index in [9.17, 15) is 4.79 Å². The highest BCUT2D eigenvalue weighted by molar-refractivity contribution is 5.82. The van der Waals surface area contributed by atoms with Crippen LogP contribution in [0.15, 0.2) is 0 Å². The highest BCUT2D eigenvalue weighted by atomic mass is 16.2. The Hall–Kier alpha value is -0.970. The summed E-state index contributed by atoms with van der Waals surface area (Å²) in [6, 6.07) is 0.668. The van der Waals surface area contributed by atoms with Gasteiger partial charge in [0.1, 0.15) is 0 Å². The van der Waals surface area contributed by atoms with Gasteiger partial charge in [-0.25, -0.2) is 0 Å². The molecule has 5 atom stereocenters. The molecule has 0 aromatic rings. The molecule has 3 saturated carbocycles. The highest BCUT2D eigenvalue weighted by Crippen LogP contribution is 2.63. The summed E-state index contributed by atoms with van der Waals surface area (Å²) in [5.74, 6) is 5.92. The molecular weight excluding hydrogens is 186 g/mol. The van der Waals surface area contributed by atoms with Crippen LogP contribution in [0.4, 0.5) is 0 Å². The van der Waals surface area contributed by atoms with Gasteiger partial charge in [0.25, 0.3) is 0 Å². The minimum absolute atomic E-state index is 0.145. The monoisotopic (exact) mass is 201 g/mol. The van der Waals surface area contributed by atoms with Crippen LogP contribution < -0.4 is 0 Å². The number of carbonyl (C=O) groups is 1. The third-order valence-electron chi connectivity index (χ3n) is 4.86. The normalized spacial score (nSPS) is 50.1. The Kier molecular flexibility index (Phi) is 1.31. The molecule has 0 radical (unpaired) electrons. The largest absolute Gasteiger partial charge is 0.325 e. The third kappa shape index (κ3) is 0.897. The summed E-state index contributed by atoms with van der Waals surface area (Å²) in [6.45, 7) is 0. The fourth-order valence-corrected chi connectivity index (χ4v) is 3.94. The maximum absolute atomic E-state index is 12.2. The molecule has 1 aliphatic heterocycles. The van der Waals surface area contributed by atoms with Crippen molar-refractivity contribution in [3.8, 4) is 12.3 Å². The molecule has 2 bridgehead atoms. The molecule has 4 rings (SSSR count). The average molecular weight is 201 g/mol. The fraction of sp³-hybridized carbons (Fsp3) is 0.769. The Bertz CT molecular complexity index is 378. The standard InChI is InChI=1S/C13H15NO/c1-2-11-10-6-12(9-5-8(9)10)14(11)13(15)7-3-4-7/h1,7-12H,3-6H2/t8-,9+,10-,11-,12+/m0/s1. The molecule has 0 aromatic heterocycles. The van der Waals surface area contributed by atoms with E-state index in [4.69, 9.17) is 6.42 Å². The number of amides is 1. The summed E-state index contributed by atoms with van der Waals surface area (Å²) in [7, 11) is 0. The first kappa shape index (κ1) is 8.21. The Morgan fingerprint density at radius 2 is 2.00 bits per heavy atom. The molecule has 2 heteroatoms. The Labute approximate surface area is 90.0 Å². The lowest BCUT2D eigenvalue weighted by atomic mass is 9.97. The van der Waals surface area contributed by atoms with Crippen molar-refractivity contribution in [1.29, 1.82) is 0 Å². The van der Waals surface area contributed by atoms with Crippen molar-refractivity contribution in [2.24, 2.45) is 23.7 Å². The van der Waals surface area contributed by atoms with Crippen molar-refractivity contribution in [1.82, 2.24) is 4.90 Å². The summed E-state index contributed by atoms with van der Waals surface area (Å²) in [5.41, 5.74) is 0. The van der Waals surface area contributed by atoms with Crippen LogP contribution in [0, 0.1) is 36.0 Å². The smallest absolute Gasteiger partial charge is 0.226 e. The fourth-order valence-electron chi connectivity index (χ4n) is 3.94. The van der Waals surface area contributed by atoms with Crippen molar-refractivity contribution >= 4 is 5.91 Å². The Balaban J connectivity index is 1.67. The van der Waals surface area contributed by atoms with Gasteiger partial charge in [0.15, 0.2) is 0 Å². The zero-order valence-corrected chi connectivity index (χ0v) is 8.73. The topological polar surface area (TPSA) is 20.3 Å². The number of hydrogen-bond donors (Lipinski definition) is 0. The van der Waals surface area contributed by atoms with Gasteiger partial charge in [0.05, 0.1) is 6.04 Å². The van der Waals surface area contributed by atoms with Crippen LogP contribution in [0.1, 0.15) is 25.7 Å². The van der Waals surface area contributed by atoms with E-state index in [2.05, 4.69) is 10.8 Å². The van der Waals surface area contributed by atoms with Crippen LogP contribution in [0.25, 0.3) is 0 Å². The second-order valence-corrected chi connectivity index (χ2v) is 5.66. The lowest BCUT2D eigenvalue weighted by molar-refractivity contribution is -0.135. The molecular formula is C13H15NO. The van der Waals surface area contributed by atoms with Crippen LogP contribution >= 0.6 is 0 Å². The van der Waals surface area contributed by atoms with E-state index in [0.717, 1.165) is 24.7 Å². The summed E-state index contributed by atoms with van der Waals surface area (Å²) >= 11 is 0. The number of carbonyl (C=O) groups excluding carboxylic acids is 1.